The van der Waals surface area contributed by atoms with Gasteiger partial charge in [0.15, 0.2) is 0 Å². The SMILES string of the molecule is O=C(O)C1CCN(C(=O)c2ccc(OC3CCCC3)nc2)C1. The van der Waals surface area contributed by atoms with E-state index in [2.05, 4.69) is 4.98 Å². The molecule has 1 saturated heterocycles. The molecule has 0 bridgehead atoms. The van der Waals surface area contributed by atoms with Gasteiger partial charge in [-0.15, -0.1) is 0 Å². The summed E-state index contributed by atoms with van der Waals surface area (Å²) in [5, 5.41) is 8.99. The van der Waals surface area contributed by atoms with E-state index in [9.17, 15) is 9.59 Å². The second kappa shape index (κ2) is 6.34. The topological polar surface area (TPSA) is 79.7 Å². The average molecular weight is 304 g/mol. The summed E-state index contributed by atoms with van der Waals surface area (Å²) in [7, 11) is 0. The zero-order valence-electron chi connectivity index (χ0n) is 12.4. The number of nitrogens with zero attached hydrogens (tertiary/aromatic N) is 2. The molecule has 1 atom stereocenters. The van der Waals surface area contributed by atoms with Gasteiger partial charge in [-0.1, -0.05) is 0 Å². The van der Waals surface area contributed by atoms with Crippen LogP contribution in [0.1, 0.15) is 42.5 Å². The lowest BCUT2D eigenvalue weighted by molar-refractivity contribution is -0.141. The third-order valence-electron chi connectivity index (χ3n) is 4.40. The second-order valence-electron chi connectivity index (χ2n) is 5.98. The van der Waals surface area contributed by atoms with Crippen LogP contribution in [0.2, 0.25) is 0 Å². The first-order valence-electron chi connectivity index (χ1n) is 7.78. The van der Waals surface area contributed by atoms with Gasteiger partial charge in [-0.3, -0.25) is 9.59 Å². The minimum atomic E-state index is -0.839. The highest BCUT2D eigenvalue weighted by Crippen LogP contribution is 2.23. The zero-order valence-corrected chi connectivity index (χ0v) is 12.4. The molecule has 2 fully saturated rings. The summed E-state index contributed by atoms with van der Waals surface area (Å²) < 4.78 is 5.77. The number of carbonyl (C=O) groups excluding carboxylic acids is 1. The number of hydrogen-bond donors (Lipinski definition) is 1. The summed E-state index contributed by atoms with van der Waals surface area (Å²) in [5.74, 6) is -0.910. The number of hydrogen-bond acceptors (Lipinski definition) is 4. The molecule has 0 spiro atoms. The van der Waals surface area contributed by atoms with Crippen molar-refractivity contribution in [3.8, 4) is 5.88 Å². The Kier molecular flexibility index (Phi) is 4.27. The summed E-state index contributed by atoms with van der Waals surface area (Å²) in [6, 6.07) is 3.42. The van der Waals surface area contributed by atoms with Gasteiger partial charge in [-0.25, -0.2) is 4.98 Å². The van der Waals surface area contributed by atoms with Gasteiger partial charge in [0.1, 0.15) is 6.10 Å². The highest BCUT2D eigenvalue weighted by Gasteiger charge is 2.31. The van der Waals surface area contributed by atoms with Gasteiger partial charge in [0.25, 0.3) is 5.91 Å². The van der Waals surface area contributed by atoms with Gasteiger partial charge in [0.05, 0.1) is 11.5 Å². The Morgan fingerprint density at radius 1 is 1.23 bits per heavy atom. The molecule has 2 aliphatic rings. The molecular weight excluding hydrogens is 284 g/mol. The van der Waals surface area contributed by atoms with Crippen molar-refractivity contribution in [3.63, 3.8) is 0 Å². The summed E-state index contributed by atoms with van der Waals surface area (Å²) in [5.41, 5.74) is 0.477. The van der Waals surface area contributed by atoms with Crippen LogP contribution in [0.25, 0.3) is 0 Å². The van der Waals surface area contributed by atoms with E-state index in [1.54, 1.807) is 17.0 Å². The first-order chi connectivity index (χ1) is 10.6. The zero-order chi connectivity index (χ0) is 15.5. The van der Waals surface area contributed by atoms with Crippen molar-refractivity contribution in [2.24, 2.45) is 5.92 Å². The monoisotopic (exact) mass is 304 g/mol. The standard InChI is InChI=1S/C16H20N2O4/c19-15(18-8-7-12(10-18)16(20)21)11-5-6-14(17-9-11)22-13-3-1-2-4-13/h5-6,9,12-13H,1-4,7-8,10H2,(H,20,21). The van der Waals surface area contributed by atoms with Crippen LogP contribution < -0.4 is 4.74 Å². The number of amides is 1. The Morgan fingerprint density at radius 2 is 2.00 bits per heavy atom. The molecular formula is C16H20N2O4. The number of likely N-dealkylation sites (tertiary alicyclic amines) is 1. The molecule has 1 aromatic rings. The van der Waals surface area contributed by atoms with Crippen molar-refractivity contribution in [1.82, 2.24) is 9.88 Å². The van der Waals surface area contributed by atoms with Crippen molar-refractivity contribution in [2.45, 2.75) is 38.2 Å². The highest BCUT2D eigenvalue weighted by atomic mass is 16.5. The van der Waals surface area contributed by atoms with Crippen molar-refractivity contribution >= 4 is 11.9 Å². The molecule has 6 heteroatoms. The highest BCUT2D eigenvalue weighted by molar-refractivity contribution is 5.94. The van der Waals surface area contributed by atoms with Crippen molar-refractivity contribution in [1.29, 1.82) is 0 Å². The molecule has 1 aliphatic carbocycles. The summed E-state index contributed by atoms with van der Waals surface area (Å²) in [6.07, 6.45) is 6.78. The molecule has 118 valence electrons. The number of rotatable bonds is 4. The maximum atomic E-state index is 12.3. The molecule has 6 nitrogen and oxygen atoms in total. The van der Waals surface area contributed by atoms with E-state index in [-0.39, 0.29) is 18.6 Å². The number of pyridine rings is 1. The van der Waals surface area contributed by atoms with Crippen LogP contribution in [0, 0.1) is 5.92 Å². The lowest BCUT2D eigenvalue weighted by Gasteiger charge is -2.16. The summed E-state index contributed by atoms with van der Waals surface area (Å²) in [6.45, 7) is 0.755. The van der Waals surface area contributed by atoms with Gasteiger partial charge >= 0.3 is 5.97 Å². The largest absolute Gasteiger partial charge is 0.481 e. The summed E-state index contributed by atoms with van der Waals surface area (Å²) in [4.78, 5) is 29.1. The molecule has 1 aromatic heterocycles. The van der Waals surface area contributed by atoms with E-state index in [4.69, 9.17) is 9.84 Å². The molecule has 1 saturated carbocycles. The third-order valence-corrected chi connectivity index (χ3v) is 4.40. The van der Waals surface area contributed by atoms with Crippen LogP contribution >= 0.6 is 0 Å². The van der Waals surface area contributed by atoms with Crippen LogP contribution in [0.5, 0.6) is 5.88 Å². The predicted octanol–water partition coefficient (Wildman–Crippen LogP) is 1.95. The number of carboxylic acids is 1. The van der Waals surface area contributed by atoms with E-state index in [1.807, 2.05) is 0 Å². The average Bonchev–Trinajstić information content (AvgIpc) is 3.18. The Hall–Kier alpha value is -2.11. The van der Waals surface area contributed by atoms with Crippen LogP contribution in [0.4, 0.5) is 0 Å². The fourth-order valence-electron chi connectivity index (χ4n) is 3.08. The number of carboxylic acid groups (broad SMARTS) is 1. The Bertz CT molecular complexity index is 552. The van der Waals surface area contributed by atoms with E-state index in [0.29, 0.717) is 24.4 Å². The van der Waals surface area contributed by atoms with Crippen molar-refractivity contribution in [2.75, 3.05) is 13.1 Å². The molecule has 1 N–H and O–H groups in total. The lowest BCUT2D eigenvalue weighted by Crippen LogP contribution is -2.30. The molecule has 1 aliphatic heterocycles. The first-order valence-corrected chi connectivity index (χ1v) is 7.78. The molecule has 3 rings (SSSR count). The number of ether oxygens (including phenoxy) is 1. The quantitative estimate of drug-likeness (QED) is 0.919. The third kappa shape index (κ3) is 3.21. The van der Waals surface area contributed by atoms with Gasteiger partial charge in [-0.2, -0.15) is 0 Å². The first kappa shape index (κ1) is 14.8. The second-order valence-corrected chi connectivity index (χ2v) is 5.98. The maximum Gasteiger partial charge on any atom is 0.308 e. The summed E-state index contributed by atoms with van der Waals surface area (Å²) >= 11 is 0. The maximum absolute atomic E-state index is 12.3. The predicted molar refractivity (Wildman–Crippen MR) is 78.8 cm³/mol. The Balaban J connectivity index is 1.60. The molecule has 1 unspecified atom stereocenters. The van der Waals surface area contributed by atoms with Crippen LogP contribution in [0.15, 0.2) is 18.3 Å². The van der Waals surface area contributed by atoms with Crippen LogP contribution in [0.3, 0.4) is 0 Å². The molecule has 1 amide bonds. The van der Waals surface area contributed by atoms with Gasteiger partial charge in [0.2, 0.25) is 5.88 Å². The molecule has 22 heavy (non-hydrogen) atoms. The van der Waals surface area contributed by atoms with E-state index in [0.717, 1.165) is 12.8 Å². The van der Waals surface area contributed by atoms with Crippen molar-refractivity contribution in [3.05, 3.63) is 23.9 Å². The normalized spacial score (nSPS) is 22.0. The number of aliphatic carboxylic acids is 1. The minimum Gasteiger partial charge on any atom is -0.481 e. The van der Waals surface area contributed by atoms with Gasteiger partial charge in [0, 0.05) is 25.4 Å². The van der Waals surface area contributed by atoms with Crippen molar-refractivity contribution < 1.29 is 19.4 Å². The van der Waals surface area contributed by atoms with Crippen LogP contribution in [-0.4, -0.2) is 46.1 Å². The van der Waals surface area contributed by atoms with Gasteiger partial charge in [-0.05, 0) is 38.2 Å². The minimum absolute atomic E-state index is 0.163. The fraction of sp³-hybridized carbons (Fsp3) is 0.562. The number of aromatic nitrogens is 1. The number of carbonyl (C=O) groups is 2. The molecule has 0 aromatic carbocycles. The van der Waals surface area contributed by atoms with E-state index >= 15 is 0 Å². The molecule has 2 heterocycles. The van der Waals surface area contributed by atoms with E-state index in [1.165, 1.54) is 19.0 Å². The fourth-order valence-corrected chi connectivity index (χ4v) is 3.08. The van der Waals surface area contributed by atoms with E-state index < -0.39 is 11.9 Å². The lowest BCUT2D eigenvalue weighted by atomic mass is 10.1. The van der Waals surface area contributed by atoms with Crippen LogP contribution in [-0.2, 0) is 4.79 Å². The molecule has 0 radical (unpaired) electrons. The van der Waals surface area contributed by atoms with Gasteiger partial charge < -0.3 is 14.7 Å². The Labute approximate surface area is 129 Å². The Morgan fingerprint density at radius 3 is 2.59 bits per heavy atom. The smallest absolute Gasteiger partial charge is 0.308 e.